The van der Waals surface area contributed by atoms with E-state index in [1.807, 2.05) is 60.7 Å². The van der Waals surface area contributed by atoms with E-state index in [2.05, 4.69) is 6.92 Å². The Balaban J connectivity index is 2.10. The molecule has 2 rings (SSSR count). The van der Waals surface area contributed by atoms with E-state index in [9.17, 15) is 4.21 Å². The smallest absolute Gasteiger partial charge is 0.0541 e. The maximum atomic E-state index is 12.6. The van der Waals surface area contributed by atoms with Gasteiger partial charge in [0.2, 0.25) is 0 Å². The Kier molecular flexibility index (Phi) is 5.50. The quantitative estimate of drug-likeness (QED) is 0.884. The fraction of sp³-hybridized carbons (Fsp3) is 0.294. The summed E-state index contributed by atoms with van der Waals surface area (Å²) in [7, 11) is -0.964. The predicted molar refractivity (Wildman–Crippen MR) is 85.7 cm³/mol. The van der Waals surface area contributed by atoms with Gasteiger partial charge in [-0.2, -0.15) is 0 Å². The zero-order valence-electron chi connectivity index (χ0n) is 11.7. The maximum Gasteiger partial charge on any atom is 0.0541 e. The van der Waals surface area contributed by atoms with Crippen LogP contribution in [0.15, 0.2) is 60.7 Å². The number of hydrogen-bond donors (Lipinski definition) is 1. The van der Waals surface area contributed by atoms with Crippen LogP contribution in [0.25, 0.3) is 0 Å². The minimum Gasteiger partial charge on any atom is -0.323 e. The molecule has 0 spiro atoms. The summed E-state index contributed by atoms with van der Waals surface area (Å²) in [6.07, 6.45) is 0.815. The van der Waals surface area contributed by atoms with Crippen molar-refractivity contribution in [2.24, 2.45) is 5.73 Å². The monoisotopic (exact) mass is 287 g/mol. The van der Waals surface area contributed by atoms with Crippen LogP contribution in [0.3, 0.4) is 0 Å². The Hall–Kier alpha value is -1.45. The summed E-state index contributed by atoms with van der Waals surface area (Å²) in [5, 5.41) is -0.0161. The molecule has 0 aromatic heterocycles. The topological polar surface area (TPSA) is 43.1 Å². The van der Waals surface area contributed by atoms with E-state index in [1.54, 1.807) is 0 Å². The SMILES string of the molecule is CCC(C(N)c1ccccc1)S(=O)Cc1ccccc1. The first kappa shape index (κ1) is 14.9. The summed E-state index contributed by atoms with van der Waals surface area (Å²) in [6, 6.07) is 19.7. The highest BCUT2D eigenvalue weighted by Crippen LogP contribution is 2.22. The average molecular weight is 287 g/mol. The summed E-state index contributed by atoms with van der Waals surface area (Å²) >= 11 is 0. The number of rotatable bonds is 6. The van der Waals surface area contributed by atoms with E-state index in [1.165, 1.54) is 0 Å². The van der Waals surface area contributed by atoms with E-state index < -0.39 is 10.8 Å². The lowest BCUT2D eigenvalue weighted by atomic mass is 10.0. The molecular weight excluding hydrogens is 266 g/mol. The molecule has 0 aliphatic heterocycles. The molecule has 3 heteroatoms. The van der Waals surface area contributed by atoms with Gasteiger partial charge in [0.25, 0.3) is 0 Å². The van der Waals surface area contributed by atoms with Gasteiger partial charge in [0, 0.05) is 22.6 Å². The highest BCUT2D eigenvalue weighted by Gasteiger charge is 2.23. The lowest BCUT2D eigenvalue weighted by molar-refractivity contribution is 0.611. The van der Waals surface area contributed by atoms with Crippen molar-refractivity contribution in [3.63, 3.8) is 0 Å². The van der Waals surface area contributed by atoms with E-state index in [4.69, 9.17) is 5.73 Å². The van der Waals surface area contributed by atoms with E-state index in [-0.39, 0.29) is 11.3 Å². The summed E-state index contributed by atoms with van der Waals surface area (Å²) in [6.45, 7) is 2.05. The fourth-order valence-electron chi connectivity index (χ4n) is 2.34. The van der Waals surface area contributed by atoms with Gasteiger partial charge >= 0.3 is 0 Å². The van der Waals surface area contributed by atoms with Crippen molar-refractivity contribution in [1.82, 2.24) is 0 Å². The molecule has 0 heterocycles. The summed E-state index contributed by atoms with van der Waals surface area (Å²) < 4.78 is 12.6. The maximum absolute atomic E-state index is 12.6. The van der Waals surface area contributed by atoms with E-state index >= 15 is 0 Å². The van der Waals surface area contributed by atoms with Gasteiger partial charge in [0.15, 0.2) is 0 Å². The Morgan fingerprint density at radius 3 is 2.10 bits per heavy atom. The second-order valence-corrected chi connectivity index (χ2v) is 6.55. The molecule has 0 aliphatic carbocycles. The number of benzene rings is 2. The third-order valence-electron chi connectivity index (χ3n) is 3.48. The highest BCUT2D eigenvalue weighted by atomic mass is 32.2. The summed E-state index contributed by atoms with van der Waals surface area (Å²) in [5.74, 6) is 0.569. The Morgan fingerprint density at radius 2 is 1.55 bits per heavy atom. The van der Waals surface area contributed by atoms with Crippen molar-refractivity contribution in [3.8, 4) is 0 Å². The van der Waals surface area contributed by atoms with Crippen molar-refractivity contribution in [2.75, 3.05) is 0 Å². The fourth-order valence-corrected chi connectivity index (χ4v) is 3.93. The molecule has 0 radical (unpaired) electrons. The van der Waals surface area contributed by atoms with Crippen LogP contribution in [-0.4, -0.2) is 9.46 Å². The number of nitrogens with two attached hydrogens (primary N) is 1. The molecule has 20 heavy (non-hydrogen) atoms. The van der Waals surface area contributed by atoms with Crippen LogP contribution in [0.5, 0.6) is 0 Å². The van der Waals surface area contributed by atoms with Crippen LogP contribution in [0.4, 0.5) is 0 Å². The molecule has 106 valence electrons. The Labute approximate surface area is 123 Å². The molecule has 3 unspecified atom stereocenters. The predicted octanol–water partition coefficient (Wildman–Crippen LogP) is 3.41. The molecule has 0 amide bonds. The van der Waals surface area contributed by atoms with Gasteiger partial charge in [-0.25, -0.2) is 0 Å². The Morgan fingerprint density at radius 1 is 1.00 bits per heavy atom. The minimum absolute atomic E-state index is 0.0161. The standard InChI is InChI=1S/C17H21NOS/c1-2-16(17(18)15-11-7-4-8-12-15)20(19)13-14-9-5-3-6-10-14/h3-12,16-17H,2,13,18H2,1H3. The van der Waals surface area contributed by atoms with Crippen molar-refractivity contribution >= 4 is 10.8 Å². The molecular formula is C17H21NOS. The van der Waals surface area contributed by atoms with Crippen molar-refractivity contribution < 1.29 is 4.21 Å². The van der Waals surface area contributed by atoms with Gasteiger partial charge in [-0.1, -0.05) is 67.6 Å². The molecule has 2 nitrogen and oxygen atoms in total. The largest absolute Gasteiger partial charge is 0.323 e. The molecule has 0 bridgehead atoms. The average Bonchev–Trinajstić information content (AvgIpc) is 2.49. The second-order valence-electron chi connectivity index (χ2n) is 4.89. The molecule has 2 aromatic rings. The molecule has 3 atom stereocenters. The zero-order chi connectivity index (χ0) is 14.4. The van der Waals surface area contributed by atoms with Crippen LogP contribution in [0, 0.1) is 0 Å². The lowest BCUT2D eigenvalue weighted by Gasteiger charge is -2.22. The van der Waals surface area contributed by atoms with Gasteiger partial charge in [-0.3, -0.25) is 4.21 Å². The van der Waals surface area contributed by atoms with Crippen LogP contribution >= 0.6 is 0 Å². The molecule has 0 fully saturated rings. The minimum atomic E-state index is -0.964. The summed E-state index contributed by atoms with van der Waals surface area (Å²) in [4.78, 5) is 0. The third-order valence-corrected chi connectivity index (χ3v) is 5.40. The van der Waals surface area contributed by atoms with Crippen molar-refractivity contribution in [3.05, 3.63) is 71.8 Å². The summed E-state index contributed by atoms with van der Waals surface area (Å²) in [5.41, 5.74) is 8.47. The molecule has 0 saturated carbocycles. The second kappa shape index (κ2) is 7.36. The molecule has 0 aliphatic rings. The Bertz CT molecular complexity index is 541. The first-order chi connectivity index (χ1) is 9.72. The first-order valence-corrected chi connectivity index (χ1v) is 8.32. The van der Waals surface area contributed by atoms with Gasteiger partial charge in [0.1, 0.15) is 0 Å². The normalized spacial score (nSPS) is 15.5. The van der Waals surface area contributed by atoms with Crippen LogP contribution < -0.4 is 5.73 Å². The third kappa shape index (κ3) is 3.78. The highest BCUT2D eigenvalue weighted by molar-refractivity contribution is 7.84. The van der Waals surface area contributed by atoms with E-state index in [0.29, 0.717) is 5.75 Å². The van der Waals surface area contributed by atoms with Crippen molar-refractivity contribution in [2.45, 2.75) is 30.4 Å². The number of hydrogen-bond acceptors (Lipinski definition) is 2. The molecule has 2 aromatic carbocycles. The van der Waals surface area contributed by atoms with Crippen LogP contribution in [0.2, 0.25) is 0 Å². The molecule has 0 saturated heterocycles. The lowest BCUT2D eigenvalue weighted by Crippen LogP contribution is -2.30. The van der Waals surface area contributed by atoms with E-state index in [0.717, 1.165) is 17.5 Å². The van der Waals surface area contributed by atoms with Gasteiger partial charge < -0.3 is 5.73 Å². The van der Waals surface area contributed by atoms with Gasteiger partial charge in [0.05, 0.1) is 5.25 Å². The zero-order valence-corrected chi connectivity index (χ0v) is 12.6. The van der Waals surface area contributed by atoms with Crippen LogP contribution in [0.1, 0.15) is 30.5 Å². The van der Waals surface area contributed by atoms with Crippen LogP contribution in [-0.2, 0) is 16.6 Å². The van der Waals surface area contributed by atoms with Gasteiger partial charge in [-0.05, 0) is 17.5 Å². The van der Waals surface area contributed by atoms with Gasteiger partial charge in [-0.15, -0.1) is 0 Å². The first-order valence-electron chi connectivity index (χ1n) is 6.94. The van der Waals surface area contributed by atoms with Crippen molar-refractivity contribution in [1.29, 1.82) is 0 Å². The molecule has 2 N–H and O–H groups in total.